The molecule has 0 amide bonds. The molecular weight excluding hydrogens is 403 g/mol. The Kier molecular flexibility index (Phi) is 8.54. The molecule has 1 aliphatic rings. The lowest BCUT2D eigenvalue weighted by molar-refractivity contribution is -0.137. The molecule has 2 N–H and O–H groups in total. The Morgan fingerprint density at radius 3 is 2.44 bits per heavy atom. The van der Waals surface area contributed by atoms with Gasteiger partial charge in [-0.25, -0.2) is 4.39 Å². The van der Waals surface area contributed by atoms with Crippen LogP contribution >= 0.6 is 0 Å². The quantitative estimate of drug-likeness (QED) is 0.406. The minimum Gasteiger partial charge on any atom is -0.481 e. The molecule has 0 radical (unpaired) electrons. The number of hydrogen-bond donors (Lipinski definition) is 2. The molecule has 1 aliphatic carbocycles. The van der Waals surface area contributed by atoms with Gasteiger partial charge in [0.15, 0.2) is 0 Å². The molecule has 3 rings (SSSR count). The van der Waals surface area contributed by atoms with Gasteiger partial charge in [0, 0.05) is 18.3 Å². The van der Waals surface area contributed by atoms with Crippen LogP contribution in [0.1, 0.15) is 77.2 Å². The lowest BCUT2D eigenvalue weighted by Crippen LogP contribution is -2.39. The molecule has 32 heavy (non-hydrogen) atoms. The van der Waals surface area contributed by atoms with Gasteiger partial charge < -0.3 is 15.3 Å². The monoisotopic (exact) mass is 440 g/mol. The molecule has 174 valence electrons. The molecule has 1 fully saturated rings. The van der Waals surface area contributed by atoms with Crippen LogP contribution in [0.3, 0.4) is 0 Å². The third-order valence-corrected chi connectivity index (χ3v) is 6.41. The van der Waals surface area contributed by atoms with Gasteiger partial charge in [0.2, 0.25) is 0 Å². The molecule has 1 atom stereocenters. The number of carboxylic acid groups (broad SMARTS) is 1. The van der Waals surface area contributed by atoms with E-state index in [4.69, 9.17) is 0 Å². The zero-order valence-corrected chi connectivity index (χ0v) is 19.6. The van der Waals surface area contributed by atoms with Crippen LogP contribution in [0.4, 0.5) is 21.5 Å². The topological polar surface area (TPSA) is 52.6 Å². The number of halogens is 1. The van der Waals surface area contributed by atoms with E-state index in [0.29, 0.717) is 23.9 Å². The average molecular weight is 441 g/mol. The fourth-order valence-electron chi connectivity index (χ4n) is 4.82. The van der Waals surface area contributed by atoms with Crippen molar-refractivity contribution in [1.82, 2.24) is 0 Å². The lowest BCUT2D eigenvalue weighted by atomic mass is 9.90. The predicted molar refractivity (Wildman–Crippen MR) is 130 cm³/mol. The van der Waals surface area contributed by atoms with E-state index in [-0.39, 0.29) is 18.2 Å². The Balaban J connectivity index is 2.08. The Morgan fingerprint density at radius 1 is 1.16 bits per heavy atom. The van der Waals surface area contributed by atoms with Gasteiger partial charge in [-0.15, -0.1) is 0 Å². The van der Waals surface area contributed by atoms with Gasteiger partial charge in [-0.3, -0.25) is 4.79 Å². The highest BCUT2D eigenvalue weighted by molar-refractivity contribution is 5.77. The number of rotatable bonds is 10. The summed E-state index contributed by atoms with van der Waals surface area (Å²) in [7, 11) is 0. The molecule has 0 aliphatic heterocycles. The molecule has 1 saturated carbocycles. The number of nitrogens with one attached hydrogen (secondary N) is 1. The fraction of sp³-hybridized carbons (Fsp3) is 0.519. The van der Waals surface area contributed by atoms with Crippen LogP contribution in [-0.2, 0) is 4.79 Å². The summed E-state index contributed by atoms with van der Waals surface area (Å²) < 4.78 is 15.5. The second kappa shape index (κ2) is 11.3. The summed E-state index contributed by atoms with van der Waals surface area (Å²) in [6.07, 6.45) is 6.42. The van der Waals surface area contributed by atoms with Crippen LogP contribution < -0.4 is 10.2 Å². The van der Waals surface area contributed by atoms with Crippen molar-refractivity contribution < 1.29 is 14.3 Å². The predicted octanol–water partition coefficient (Wildman–Crippen LogP) is 7.33. The number of carbonyl (C=O) groups is 1. The molecule has 0 bridgehead atoms. The highest BCUT2D eigenvalue weighted by atomic mass is 19.1. The van der Waals surface area contributed by atoms with Crippen molar-refractivity contribution in [1.29, 1.82) is 0 Å². The highest BCUT2D eigenvalue weighted by Gasteiger charge is 2.27. The first-order valence-corrected chi connectivity index (χ1v) is 12.0. The number of para-hydroxylation sites is 1. The Labute approximate surface area is 191 Å². The largest absolute Gasteiger partial charge is 0.481 e. The van der Waals surface area contributed by atoms with Crippen molar-refractivity contribution in [2.45, 2.75) is 77.7 Å². The van der Waals surface area contributed by atoms with E-state index < -0.39 is 5.97 Å². The number of aliphatic carboxylic acids is 1. The first kappa shape index (κ1) is 24.1. The van der Waals surface area contributed by atoms with Crippen LogP contribution in [0, 0.1) is 11.7 Å². The summed E-state index contributed by atoms with van der Waals surface area (Å²) in [5.41, 5.74) is 3.14. The van der Waals surface area contributed by atoms with Crippen molar-refractivity contribution >= 4 is 23.0 Å². The van der Waals surface area contributed by atoms with Crippen molar-refractivity contribution in [2.24, 2.45) is 5.92 Å². The van der Waals surface area contributed by atoms with Crippen LogP contribution in [0.5, 0.6) is 0 Å². The second-order valence-electron chi connectivity index (χ2n) is 9.42. The summed E-state index contributed by atoms with van der Waals surface area (Å²) in [5, 5.41) is 12.8. The van der Waals surface area contributed by atoms with Crippen LogP contribution in [-0.4, -0.2) is 23.7 Å². The maximum absolute atomic E-state index is 15.5. The Morgan fingerprint density at radius 2 is 1.84 bits per heavy atom. The van der Waals surface area contributed by atoms with Gasteiger partial charge in [-0.1, -0.05) is 58.2 Å². The molecule has 0 heterocycles. The summed E-state index contributed by atoms with van der Waals surface area (Å²) in [5.74, 6) is -1.12. The highest BCUT2D eigenvalue weighted by Crippen LogP contribution is 2.39. The lowest BCUT2D eigenvalue weighted by Gasteiger charge is -2.39. The fourth-order valence-corrected chi connectivity index (χ4v) is 4.82. The Hall–Kier alpha value is -2.56. The van der Waals surface area contributed by atoms with Crippen molar-refractivity contribution in [2.75, 3.05) is 16.8 Å². The minimum absolute atomic E-state index is 0.0735. The Bertz CT molecular complexity index is 879. The normalized spacial score (nSPS) is 15.5. The van der Waals surface area contributed by atoms with Gasteiger partial charge in [0.1, 0.15) is 5.82 Å². The van der Waals surface area contributed by atoms with Gasteiger partial charge in [-0.2, -0.15) is 0 Å². The third-order valence-electron chi connectivity index (χ3n) is 6.41. The first-order valence-electron chi connectivity index (χ1n) is 12.0. The number of benzene rings is 2. The first-order chi connectivity index (χ1) is 15.4. The van der Waals surface area contributed by atoms with E-state index in [9.17, 15) is 9.90 Å². The zero-order chi connectivity index (χ0) is 23.1. The van der Waals surface area contributed by atoms with Crippen molar-refractivity contribution in [3.63, 3.8) is 0 Å². The van der Waals surface area contributed by atoms with E-state index in [1.807, 2.05) is 43.3 Å². The standard InChI is InChI=1S/C27H37FN2O2/c1-4-20(15-27(31)32)23-16-25(29-21-11-7-5-8-12-21)26(17-24(23)28)30(18-19(2)3)22-13-9-6-10-14-22/h5,7-8,11-12,16-17,19-20,22,29H,4,6,9-10,13-15,18H2,1-3H3,(H,31,32). The number of hydrogen-bond acceptors (Lipinski definition) is 3. The van der Waals surface area contributed by atoms with Crippen LogP contribution in [0.2, 0.25) is 0 Å². The zero-order valence-electron chi connectivity index (χ0n) is 19.6. The number of anilines is 3. The molecule has 2 aromatic rings. The van der Waals surface area contributed by atoms with Crippen molar-refractivity contribution in [3.8, 4) is 0 Å². The van der Waals surface area contributed by atoms with E-state index in [1.165, 1.54) is 19.3 Å². The molecule has 4 nitrogen and oxygen atoms in total. The van der Waals surface area contributed by atoms with Gasteiger partial charge in [-0.05, 0) is 60.9 Å². The summed E-state index contributed by atoms with van der Waals surface area (Å²) >= 11 is 0. The summed E-state index contributed by atoms with van der Waals surface area (Å²) in [6.45, 7) is 7.17. The second-order valence-corrected chi connectivity index (χ2v) is 9.42. The van der Waals surface area contributed by atoms with Gasteiger partial charge >= 0.3 is 5.97 Å². The maximum atomic E-state index is 15.5. The average Bonchev–Trinajstić information content (AvgIpc) is 2.78. The smallest absolute Gasteiger partial charge is 0.303 e. The van der Waals surface area contributed by atoms with E-state index in [1.54, 1.807) is 6.07 Å². The number of nitrogens with zero attached hydrogens (tertiary/aromatic N) is 1. The molecule has 1 unspecified atom stereocenters. The summed E-state index contributed by atoms with van der Waals surface area (Å²) in [6, 6.07) is 13.8. The molecule has 0 aromatic heterocycles. The number of carboxylic acids is 1. The van der Waals surface area contributed by atoms with Crippen molar-refractivity contribution in [3.05, 3.63) is 53.8 Å². The van der Waals surface area contributed by atoms with Gasteiger partial charge in [0.05, 0.1) is 17.8 Å². The molecule has 5 heteroatoms. The minimum atomic E-state index is -0.901. The SMILES string of the molecule is CCC(CC(=O)O)c1cc(Nc2ccccc2)c(N(CC(C)C)C2CCCCC2)cc1F. The van der Waals surface area contributed by atoms with Crippen LogP contribution in [0.25, 0.3) is 0 Å². The van der Waals surface area contributed by atoms with E-state index in [2.05, 4.69) is 24.1 Å². The van der Waals surface area contributed by atoms with Gasteiger partial charge in [0.25, 0.3) is 0 Å². The maximum Gasteiger partial charge on any atom is 0.303 e. The van der Waals surface area contributed by atoms with E-state index in [0.717, 1.165) is 36.4 Å². The van der Waals surface area contributed by atoms with E-state index >= 15 is 4.39 Å². The molecule has 0 spiro atoms. The molecule has 2 aromatic carbocycles. The molecule has 0 saturated heterocycles. The summed E-state index contributed by atoms with van der Waals surface area (Å²) in [4.78, 5) is 13.8. The molecular formula is C27H37FN2O2. The third kappa shape index (κ3) is 6.24. The van der Waals surface area contributed by atoms with Crippen LogP contribution in [0.15, 0.2) is 42.5 Å².